The first kappa shape index (κ1) is 27.3. The molecule has 0 radical (unpaired) electrons. The highest BCUT2D eigenvalue weighted by Crippen LogP contribution is 2.20. The lowest BCUT2D eigenvalue weighted by molar-refractivity contribution is -0.131. The van der Waals surface area contributed by atoms with E-state index in [-0.39, 0.29) is 29.9 Å². The van der Waals surface area contributed by atoms with Crippen LogP contribution in [0.2, 0.25) is 0 Å². The fourth-order valence-corrected chi connectivity index (χ4v) is 4.54. The van der Waals surface area contributed by atoms with Crippen LogP contribution >= 0.6 is 0 Å². The molecule has 3 heterocycles. The number of carbonyl (C=O) groups is 2. The van der Waals surface area contributed by atoms with Gasteiger partial charge in [-0.05, 0) is 68.0 Å². The highest BCUT2D eigenvalue weighted by molar-refractivity contribution is 5.94. The average Bonchev–Trinajstić information content (AvgIpc) is 3.37. The lowest BCUT2D eigenvalue weighted by atomic mass is 10.1. The number of amides is 2. The number of aromatic nitrogens is 2. The maximum atomic E-state index is 13.3. The van der Waals surface area contributed by atoms with Crippen LogP contribution in [-0.2, 0) is 4.79 Å². The molecule has 4 rings (SSSR count). The number of hydrogen-bond donors (Lipinski definition) is 0. The Labute approximate surface area is 222 Å². The largest absolute Gasteiger partial charge is 0.459 e. The van der Waals surface area contributed by atoms with Gasteiger partial charge in [0.15, 0.2) is 11.6 Å². The molecule has 1 aliphatic heterocycles. The van der Waals surface area contributed by atoms with E-state index in [0.717, 1.165) is 37.4 Å². The number of benzene rings is 1. The maximum Gasteiger partial charge on any atom is 0.290 e. The zero-order valence-electron chi connectivity index (χ0n) is 22.1. The molecule has 0 N–H and O–H groups in total. The fraction of sp³-hybridized carbons (Fsp3) is 0.429. The topological polar surface area (TPSA) is 86.0 Å². The normalized spacial score (nSPS) is 14.0. The monoisotopic (exact) mass is 522 g/mol. The zero-order valence-corrected chi connectivity index (χ0v) is 22.1. The maximum absolute atomic E-state index is 13.3. The van der Waals surface area contributed by atoms with Gasteiger partial charge in [-0.25, -0.2) is 4.39 Å². The first-order valence-corrected chi connectivity index (χ1v) is 13.2. The van der Waals surface area contributed by atoms with Crippen LogP contribution in [-0.4, -0.2) is 95.6 Å². The minimum absolute atomic E-state index is 0.00692. The third-order valence-corrected chi connectivity index (χ3v) is 6.89. The first-order valence-electron chi connectivity index (χ1n) is 13.2. The van der Waals surface area contributed by atoms with Crippen LogP contribution in [0.1, 0.15) is 30.8 Å². The van der Waals surface area contributed by atoms with Crippen LogP contribution < -0.4 is 4.90 Å². The Balaban J connectivity index is 1.37. The van der Waals surface area contributed by atoms with Gasteiger partial charge in [0.1, 0.15) is 12.4 Å². The summed E-state index contributed by atoms with van der Waals surface area (Å²) in [6.45, 7) is 9.55. The summed E-state index contributed by atoms with van der Waals surface area (Å²) in [4.78, 5) is 34.1. The molecule has 2 amide bonds. The predicted octanol–water partition coefficient (Wildman–Crippen LogP) is 3.40. The number of nitrogens with zero attached hydrogens (tertiary/aromatic N) is 6. The number of furan rings is 1. The van der Waals surface area contributed by atoms with Crippen LogP contribution in [0.25, 0.3) is 11.3 Å². The van der Waals surface area contributed by atoms with Gasteiger partial charge >= 0.3 is 0 Å². The molecule has 1 saturated heterocycles. The number of anilines is 1. The average molecular weight is 523 g/mol. The van der Waals surface area contributed by atoms with Gasteiger partial charge < -0.3 is 24.0 Å². The molecule has 2 aromatic heterocycles. The fourth-order valence-electron chi connectivity index (χ4n) is 4.54. The Bertz CT molecular complexity index is 1170. The Morgan fingerprint density at radius 2 is 1.74 bits per heavy atom. The van der Waals surface area contributed by atoms with Gasteiger partial charge in [-0.1, -0.05) is 13.8 Å². The van der Waals surface area contributed by atoms with Gasteiger partial charge in [0, 0.05) is 44.8 Å². The van der Waals surface area contributed by atoms with Crippen molar-refractivity contribution in [3.8, 4) is 11.3 Å². The second-order valence-electron chi connectivity index (χ2n) is 9.24. The molecule has 202 valence electrons. The predicted molar refractivity (Wildman–Crippen MR) is 143 cm³/mol. The summed E-state index contributed by atoms with van der Waals surface area (Å²) in [6.07, 6.45) is 2.24. The molecule has 9 nitrogen and oxygen atoms in total. The molecule has 0 spiro atoms. The van der Waals surface area contributed by atoms with Gasteiger partial charge in [0.2, 0.25) is 5.91 Å². The summed E-state index contributed by atoms with van der Waals surface area (Å²) in [5, 5.41) is 8.70. The summed E-state index contributed by atoms with van der Waals surface area (Å²) in [5.74, 6) is 0.327. The number of likely N-dealkylation sites (N-methyl/N-ethyl adjacent to an activating group) is 1. The van der Waals surface area contributed by atoms with Crippen molar-refractivity contribution in [2.75, 3.05) is 63.8 Å². The second kappa shape index (κ2) is 13.1. The first-order chi connectivity index (χ1) is 18.5. The molecule has 0 aliphatic carbocycles. The Kier molecular flexibility index (Phi) is 9.42. The van der Waals surface area contributed by atoms with E-state index >= 15 is 0 Å². The molecule has 0 saturated carbocycles. The number of hydrogen-bond acceptors (Lipinski definition) is 7. The Hall–Kier alpha value is -3.79. The summed E-state index contributed by atoms with van der Waals surface area (Å²) in [6, 6.07) is 13.2. The zero-order chi connectivity index (χ0) is 26.9. The molecule has 0 bridgehead atoms. The van der Waals surface area contributed by atoms with Gasteiger partial charge in [-0.15, -0.1) is 10.2 Å². The molecular weight excluding hydrogens is 487 g/mol. The van der Waals surface area contributed by atoms with Crippen LogP contribution in [0.15, 0.2) is 59.2 Å². The van der Waals surface area contributed by atoms with Crippen molar-refractivity contribution >= 4 is 17.6 Å². The Morgan fingerprint density at radius 1 is 0.947 bits per heavy atom. The smallest absolute Gasteiger partial charge is 0.290 e. The minimum atomic E-state index is -0.292. The number of halogens is 1. The van der Waals surface area contributed by atoms with Crippen molar-refractivity contribution in [1.82, 2.24) is 24.9 Å². The Morgan fingerprint density at radius 3 is 2.39 bits per heavy atom. The van der Waals surface area contributed by atoms with E-state index in [9.17, 15) is 14.0 Å². The van der Waals surface area contributed by atoms with Crippen molar-refractivity contribution in [3.05, 3.63) is 66.4 Å². The van der Waals surface area contributed by atoms with Crippen LogP contribution in [0, 0.1) is 5.82 Å². The quantitative estimate of drug-likeness (QED) is 0.403. The van der Waals surface area contributed by atoms with Gasteiger partial charge in [-0.3, -0.25) is 9.59 Å². The molecule has 38 heavy (non-hydrogen) atoms. The van der Waals surface area contributed by atoms with Crippen molar-refractivity contribution in [1.29, 1.82) is 0 Å². The van der Waals surface area contributed by atoms with Gasteiger partial charge in [0.05, 0.1) is 12.0 Å². The number of rotatable bonds is 10. The SMILES string of the molecule is CCN(CC)CCN(CC(=O)N1CCCN(c2ccc(-c3ccc(F)cc3)nn2)CC1)C(=O)c1ccco1. The third-order valence-electron chi connectivity index (χ3n) is 6.89. The van der Waals surface area contributed by atoms with E-state index < -0.39 is 0 Å². The van der Waals surface area contributed by atoms with E-state index in [0.29, 0.717) is 38.4 Å². The summed E-state index contributed by atoms with van der Waals surface area (Å²) in [7, 11) is 0. The molecule has 0 atom stereocenters. The van der Waals surface area contributed by atoms with Crippen LogP contribution in [0.4, 0.5) is 10.2 Å². The van der Waals surface area contributed by atoms with E-state index in [2.05, 4.69) is 33.8 Å². The standard InChI is InChI=1S/C28H35FN6O3/c1-3-32(4-2)16-17-35(28(37)25-7-5-20-38-25)21-27(36)34-15-6-14-33(18-19-34)26-13-12-24(30-31-26)22-8-10-23(29)11-9-22/h5,7-13,20H,3-4,6,14-19,21H2,1-2H3. The second-order valence-corrected chi connectivity index (χ2v) is 9.24. The molecule has 10 heteroatoms. The minimum Gasteiger partial charge on any atom is -0.459 e. The van der Waals surface area contributed by atoms with Crippen molar-refractivity contribution in [2.24, 2.45) is 0 Å². The summed E-state index contributed by atoms with van der Waals surface area (Å²) in [5.41, 5.74) is 1.47. The molecule has 0 unspecified atom stereocenters. The van der Waals surface area contributed by atoms with E-state index in [1.807, 2.05) is 17.0 Å². The van der Waals surface area contributed by atoms with Crippen LogP contribution in [0.3, 0.4) is 0 Å². The lowest BCUT2D eigenvalue weighted by Gasteiger charge is -2.28. The van der Waals surface area contributed by atoms with Gasteiger partial charge in [0.25, 0.3) is 5.91 Å². The highest BCUT2D eigenvalue weighted by Gasteiger charge is 2.26. The van der Waals surface area contributed by atoms with E-state index in [4.69, 9.17) is 4.42 Å². The van der Waals surface area contributed by atoms with Crippen LogP contribution in [0.5, 0.6) is 0 Å². The summed E-state index contributed by atoms with van der Waals surface area (Å²) >= 11 is 0. The molecule has 1 aromatic carbocycles. The van der Waals surface area contributed by atoms with Crippen molar-refractivity contribution in [3.63, 3.8) is 0 Å². The molecular formula is C28H35FN6O3. The number of carbonyl (C=O) groups excluding carboxylic acids is 2. The highest BCUT2D eigenvalue weighted by atomic mass is 19.1. The van der Waals surface area contributed by atoms with E-state index in [1.54, 1.807) is 29.2 Å². The molecule has 3 aromatic rings. The lowest BCUT2D eigenvalue weighted by Crippen LogP contribution is -2.46. The summed E-state index contributed by atoms with van der Waals surface area (Å²) < 4.78 is 18.5. The van der Waals surface area contributed by atoms with Crippen molar-refractivity contribution < 1.29 is 18.4 Å². The van der Waals surface area contributed by atoms with E-state index in [1.165, 1.54) is 18.4 Å². The molecule has 1 aliphatic rings. The third kappa shape index (κ3) is 6.95. The molecule has 1 fully saturated rings. The van der Waals surface area contributed by atoms with Crippen molar-refractivity contribution in [2.45, 2.75) is 20.3 Å². The van der Waals surface area contributed by atoms with Gasteiger partial charge in [-0.2, -0.15) is 0 Å².